The van der Waals surface area contributed by atoms with Crippen LogP contribution in [0.4, 0.5) is 0 Å². The van der Waals surface area contributed by atoms with Gasteiger partial charge in [-0.3, -0.25) is 4.79 Å². The summed E-state index contributed by atoms with van der Waals surface area (Å²) in [5.41, 5.74) is 5.24. The van der Waals surface area contributed by atoms with Gasteiger partial charge < -0.3 is 20.9 Å². The van der Waals surface area contributed by atoms with Gasteiger partial charge in [0.15, 0.2) is 0 Å². The van der Waals surface area contributed by atoms with Gasteiger partial charge in [-0.1, -0.05) is 58.3 Å². The number of unbranched alkanes of at least 4 members (excludes halogenated alkanes) is 7. The molecule has 2 unspecified atom stereocenters. The Balaban J connectivity index is 3.74. The van der Waals surface area contributed by atoms with Crippen LogP contribution in [0, 0.1) is 5.41 Å². The molecule has 5 nitrogen and oxygen atoms in total. The predicted molar refractivity (Wildman–Crippen MR) is 114 cm³/mol. The van der Waals surface area contributed by atoms with Crippen LogP contribution in [0.2, 0.25) is 0 Å². The molecule has 0 bridgehead atoms. The van der Waals surface area contributed by atoms with Crippen molar-refractivity contribution >= 4 is 5.97 Å². The molecule has 0 amide bonds. The van der Waals surface area contributed by atoms with Crippen LogP contribution in [0.5, 0.6) is 0 Å². The maximum atomic E-state index is 12.3. The second-order valence-corrected chi connectivity index (χ2v) is 8.68. The summed E-state index contributed by atoms with van der Waals surface area (Å²) in [6.07, 6.45) is 12.0. The molecule has 0 aromatic rings. The van der Waals surface area contributed by atoms with Crippen molar-refractivity contribution in [2.24, 2.45) is 11.1 Å². The number of esters is 1. The molecule has 0 radical (unpaired) electrons. The van der Waals surface area contributed by atoms with Crippen LogP contribution in [0.15, 0.2) is 0 Å². The fraction of sp³-hybridized carbons (Fsp3) is 0.955. The van der Waals surface area contributed by atoms with Crippen molar-refractivity contribution in [1.82, 2.24) is 5.32 Å². The number of hydrogen-bond acceptors (Lipinski definition) is 5. The number of carbonyl (C=O) groups excluding carboxylic acids is 1. The number of nitrogens with two attached hydrogens (primary N) is 1. The lowest BCUT2D eigenvalue weighted by atomic mass is 9.87. The number of nitrogens with one attached hydrogen (secondary N) is 1. The molecular formula is C22H46N2O3. The number of carbonyl (C=O) groups is 1. The topological polar surface area (TPSA) is 84.6 Å². The summed E-state index contributed by atoms with van der Waals surface area (Å²) in [6, 6.07) is 0.249. The van der Waals surface area contributed by atoms with Gasteiger partial charge in [-0.15, -0.1) is 0 Å². The minimum absolute atomic E-state index is 0.0616. The SMILES string of the molecule is CCCCCCCCCC(C)(C)C(=O)OCC(O)CNCCCCC(C)N. The van der Waals surface area contributed by atoms with Gasteiger partial charge in [0.2, 0.25) is 0 Å². The van der Waals surface area contributed by atoms with Crippen molar-refractivity contribution in [3.05, 3.63) is 0 Å². The molecule has 0 aliphatic rings. The Bertz CT molecular complexity index is 359. The smallest absolute Gasteiger partial charge is 0.311 e. The minimum atomic E-state index is -0.656. The molecule has 0 aliphatic carbocycles. The van der Waals surface area contributed by atoms with E-state index in [1.165, 1.54) is 38.5 Å². The largest absolute Gasteiger partial charge is 0.462 e. The van der Waals surface area contributed by atoms with Crippen LogP contribution >= 0.6 is 0 Å². The summed E-state index contributed by atoms with van der Waals surface area (Å²) in [5, 5.41) is 13.2. The van der Waals surface area contributed by atoms with Gasteiger partial charge in [0.25, 0.3) is 0 Å². The molecule has 0 rings (SSSR count). The van der Waals surface area contributed by atoms with Crippen molar-refractivity contribution < 1.29 is 14.6 Å². The van der Waals surface area contributed by atoms with Gasteiger partial charge in [-0.2, -0.15) is 0 Å². The Hall–Kier alpha value is -0.650. The van der Waals surface area contributed by atoms with Crippen LogP contribution in [-0.4, -0.2) is 42.9 Å². The fourth-order valence-electron chi connectivity index (χ4n) is 3.04. The maximum Gasteiger partial charge on any atom is 0.311 e. The minimum Gasteiger partial charge on any atom is -0.462 e. The molecule has 0 saturated carbocycles. The second kappa shape index (κ2) is 16.3. The third-order valence-corrected chi connectivity index (χ3v) is 5.01. The molecule has 5 heteroatoms. The fourth-order valence-corrected chi connectivity index (χ4v) is 3.04. The van der Waals surface area contributed by atoms with Crippen LogP contribution < -0.4 is 11.1 Å². The molecule has 4 N–H and O–H groups in total. The van der Waals surface area contributed by atoms with Crippen LogP contribution in [0.3, 0.4) is 0 Å². The summed E-state index contributed by atoms with van der Waals surface area (Å²) >= 11 is 0. The van der Waals surface area contributed by atoms with E-state index in [0.717, 1.165) is 38.6 Å². The van der Waals surface area contributed by atoms with E-state index in [1.807, 2.05) is 20.8 Å². The molecule has 0 fully saturated rings. The third kappa shape index (κ3) is 16.0. The molecule has 0 saturated heterocycles. The zero-order chi connectivity index (χ0) is 20.5. The van der Waals surface area contributed by atoms with Crippen molar-refractivity contribution in [1.29, 1.82) is 0 Å². The van der Waals surface area contributed by atoms with Crippen molar-refractivity contribution in [3.8, 4) is 0 Å². The number of ether oxygens (including phenoxy) is 1. The van der Waals surface area contributed by atoms with E-state index < -0.39 is 11.5 Å². The summed E-state index contributed by atoms with van der Waals surface area (Å²) in [4.78, 5) is 12.3. The lowest BCUT2D eigenvalue weighted by Crippen LogP contribution is -2.34. The summed E-state index contributed by atoms with van der Waals surface area (Å²) in [6.45, 7) is 9.48. The van der Waals surface area contributed by atoms with E-state index in [2.05, 4.69) is 12.2 Å². The Labute approximate surface area is 167 Å². The highest BCUT2D eigenvalue weighted by Crippen LogP contribution is 2.26. The lowest BCUT2D eigenvalue weighted by Gasteiger charge is -2.23. The lowest BCUT2D eigenvalue weighted by molar-refractivity contribution is -0.157. The van der Waals surface area contributed by atoms with E-state index in [4.69, 9.17) is 10.5 Å². The zero-order valence-corrected chi connectivity index (χ0v) is 18.4. The molecule has 0 aromatic heterocycles. The highest BCUT2D eigenvalue weighted by molar-refractivity contribution is 5.75. The average Bonchev–Trinajstić information content (AvgIpc) is 2.61. The van der Waals surface area contributed by atoms with Gasteiger partial charge in [-0.05, 0) is 46.6 Å². The number of aliphatic hydroxyl groups excluding tert-OH is 1. The van der Waals surface area contributed by atoms with Gasteiger partial charge in [0.1, 0.15) is 12.7 Å². The van der Waals surface area contributed by atoms with E-state index >= 15 is 0 Å². The quantitative estimate of drug-likeness (QED) is 0.243. The molecular weight excluding hydrogens is 340 g/mol. The Morgan fingerprint density at radius 3 is 2.33 bits per heavy atom. The average molecular weight is 387 g/mol. The molecule has 162 valence electrons. The van der Waals surface area contributed by atoms with Crippen LogP contribution in [0.1, 0.15) is 98.3 Å². The van der Waals surface area contributed by atoms with Crippen LogP contribution in [-0.2, 0) is 9.53 Å². The first-order valence-electron chi connectivity index (χ1n) is 11.1. The van der Waals surface area contributed by atoms with Crippen molar-refractivity contribution in [2.75, 3.05) is 19.7 Å². The summed E-state index contributed by atoms with van der Waals surface area (Å²) in [5.74, 6) is -0.204. The third-order valence-electron chi connectivity index (χ3n) is 5.01. The number of aliphatic hydroxyl groups is 1. The summed E-state index contributed by atoms with van der Waals surface area (Å²) in [7, 11) is 0. The molecule has 0 aliphatic heterocycles. The van der Waals surface area contributed by atoms with Gasteiger partial charge in [0, 0.05) is 12.6 Å². The molecule has 0 aromatic carbocycles. The van der Waals surface area contributed by atoms with E-state index in [1.54, 1.807) is 0 Å². The van der Waals surface area contributed by atoms with E-state index in [9.17, 15) is 9.90 Å². The Morgan fingerprint density at radius 2 is 1.70 bits per heavy atom. The van der Waals surface area contributed by atoms with Gasteiger partial charge >= 0.3 is 5.97 Å². The molecule has 0 heterocycles. The first-order valence-corrected chi connectivity index (χ1v) is 11.1. The highest BCUT2D eigenvalue weighted by Gasteiger charge is 2.29. The van der Waals surface area contributed by atoms with E-state index in [0.29, 0.717) is 6.54 Å². The Morgan fingerprint density at radius 1 is 1.07 bits per heavy atom. The first-order chi connectivity index (χ1) is 12.8. The van der Waals surface area contributed by atoms with Gasteiger partial charge in [0.05, 0.1) is 5.41 Å². The molecule has 2 atom stereocenters. The van der Waals surface area contributed by atoms with E-state index in [-0.39, 0.29) is 18.6 Å². The normalized spacial score (nSPS) is 14.1. The maximum absolute atomic E-state index is 12.3. The number of rotatable bonds is 18. The first kappa shape index (κ1) is 26.4. The van der Waals surface area contributed by atoms with Crippen molar-refractivity contribution in [3.63, 3.8) is 0 Å². The monoisotopic (exact) mass is 386 g/mol. The van der Waals surface area contributed by atoms with Crippen LogP contribution in [0.25, 0.3) is 0 Å². The molecule has 0 spiro atoms. The van der Waals surface area contributed by atoms with Crippen molar-refractivity contribution in [2.45, 2.75) is 110 Å². The Kier molecular flexibility index (Phi) is 15.9. The second-order valence-electron chi connectivity index (χ2n) is 8.68. The predicted octanol–water partition coefficient (Wildman–Crippen LogP) is 4.16. The molecule has 27 heavy (non-hydrogen) atoms. The zero-order valence-electron chi connectivity index (χ0n) is 18.4. The van der Waals surface area contributed by atoms with Gasteiger partial charge in [-0.25, -0.2) is 0 Å². The number of hydrogen-bond donors (Lipinski definition) is 3. The highest BCUT2D eigenvalue weighted by atomic mass is 16.5. The standard InChI is InChI=1S/C22H46N2O3/c1-5-6-7-8-9-10-12-15-22(3,4)21(26)27-18-20(25)17-24-16-13-11-14-19(2)23/h19-20,24-25H,5-18,23H2,1-4H3. The summed E-state index contributed by atoms with van der Waals surface area (Å²) < 4.78 is 5.34.